The third kappa shape index (κ3) is 4.19. The molecule has 2 N–H and O–H groups in total. The first-order valence-corrected chi connectivity index (χ1v) is 6.88. The van der Waals surface area contributed by atoms with Crippen molar-refractivity contribution in [3.63, 3.8) is 0 Å². The fourth-order valence-corrected chi connectivity index (χ4v) is 2.30. The quantitative estimate of drug-likeness (QED) is 0.834. The average Bonchev–Trinajstić information content (AvgIpc) is 2.81. The molecule has 1 aliphatic heterocycles. The Morgan fingerprint density at radius 2 is 2.15 bits per heavy atom. The number of aromatic nitrogens is 1. The first-order chi connectivity index (χ1) is 9.22. The molecule has 1 aromatic heterocycles. The minimum absolute atomic E-state index is 0. The summed E-state index contributed by atoms with van der Waals surface area (Å²) in [5, 5.41) is 10.1. The molecule has 0 unspecified atom stereocenters. The largest absolute Gasteiger partial charge is 0.360 e. The number of hydrogen-bond acceptors (Lipinski definition) is 5. The van der Waals surface area contributed by atoms with Crippen LogP contribution >= 0.6 is 12.4 Å². The minimum Gasteiger partial charge on any atom is -0.360 e. The van der Waals surface area contributed by atoms with E-state index in [1.54, 1.807) is 6.92 Å². The van der Waals surface area contributed by atoms with E-state index in [1.165, 1.54) is 0 Å². The normalized spacial score (nSPS) is 15.7. The molecule has 1 saturated heterocycles. The van der Waals surface area contributed by atoms with Gasteiger partial charge < -0.3 is 15.2 Å². The predicted molar refractivity (Wildman–Crippen MR) is 79.5 cm³/mol. The molecule has 0 bridgehead atoms. The van der Waals surface area contributed by atoms with Gasteiger partial charge in [0.2, 0.25) is 0 Å². The van der Waals surface area contributed by atoms with Gasteiger partial charge in [0.15, 0.2) is 0 Å². The maximum absolute atomic E-state index is 12.1. The van der Waals surface area contributed by atoms with Gasteiger partial charge in [0.1, 0.15) is 11.3 Å². The van der Waals surface area contributed by atoms with Gasteiger partial charge in [-0.25, -0.2) is 0 Å². The van der Waals surface area contributed by atoms with Gasteiger partial charge in [-0.2, -0.15) is 0 Å². The van der Waals surface area contributed by atoms with E-state index in [-0.39, 0.29) is 18.3 Å². The Labute approximate surface area is 125 Å². The summed E-state index contributed by atoms with van der Waals surface area (Å²) < 4.78 is 5.13. The standard InChI is InChI=1S/C13H22N4O2.ClH/c1-3-11-12(10(2)16-19-11)13(18)15-6-9-17-7-4-14-5-8-17;/h14H,3-9H2,1-2H3,(H,15,18);1H. The van der Waals surface area contributed by atoms with Crippen LogP contribution in [0.3, 0.4) is 0 Å². The summed E-state index contributed by atoms with van der Waals surface area (Å²) in [5.74, 6) is 0.586. The Morgan fingerprint density at radius 1 is 1.45 bits per heavy atom. The molecule has 6 nitrogen and oxygen atoms in total. The summed E-state index contributed by atoms with van der Waals surface area (Å²) in [5.41, 5.74) is 1.26. The Balaban J connectivity index is 0.00000200. The van der Waals surface area contributed by atoms with Crippen LogP contribution in [0.25, 0.3) is 0 Å². The lowest BCUT2D eigenvalue weighted by Gasteiger charge is -2.27. The first-order valence-electron chi connectivity index (χ1n) is 6.88. The van der Waals surface area contributed by atoms with Crippen molar-refractivity contribution in [3.8, 4) is 0 Å². The number of nitrogens with zero attached hydrogens (tertiary/aromatic N) is 2. The van der Waals surface area contributed by atoms with Crippen molar-refractivity contribution in [3.05, 3.63) is 17.0 Å². The molecule has 7 heteroatoms. The van der Waals surface area contributed by atoms with E-state index in [4.69, 9.17) is 4.52 Å². The minimum atomic E-state index is -0.0780. The smallest absolute Gasteiger partial charge is 0.256 e. The van der Waals surface area contributed by atoms with Crippen LogP contribution in [0.2, 0.25) is 0 Å². The molecule has 1 amide bonds. The fraction of sp³-hybridized carbons (Fsp3) is 0.692. The van der Waals surface area contributed by atoms with Crippen molar-refractivity contribution in [2.75, 3.05) is 39.3 Å². The van der Waals surface area contributed by atoms with Gasteiger partial charge in [-0.05, 0) is 6.92 Å². The van der Waals surface area contributed by atoms with Gasteiger partial charge in [0, 0.05) is 45.7 Å². The molecule has 0 spiro atoms. The molecular formula is C13H23ClN4O2. The Hall–Kier alpha value is -1.11. The van der Waals surface area contributed by atoms with Crippen LogP contribution in [-0.2, 0) is 6.42 Å². The van der Waals surface area contributed by atoms with E-state index in [0.29, 0.717) is 30.0 Å². The van der Waals surface area contributed by atoms with E-state index in [9.17, 15) is 4.79 Å². The van der Waals surface area contributed by atoms with Gasteiger partial charge in [-0.1, -0.05) is 12.1 Å². The lowest BCUT2D eigenvalue weighted by atomic mass is 10.1. The number of amides is 1. The molecule has 2 rings (SSSR count). The number of rotatable bonds is 5. The summed E-state index contributed by atoms with van der Waals surface area (Å²) in [6, 6.07) is 0. The molecule has 2 heterocycles. The number of nitrogens with one attached hydrogen (secondary N) is 2. The lowest BCUT2D eigenvalue weighted by Crippen LogP contribution is -2.46. The molecule has 0 aromatic carbocycles. The number of piperazine rings is 1. The second-order valence-electron chi connectivity index (χ2n) is 4.77. The third-order valence-corrected chi connectivity index (χ3v) is 3.40. The van der Waals surface area contributed by atoms with Crippen LogP contribution in [0, 0.1) is 6.92 Å². The maximum atomic E-state index is 12.1. The van der Waals surface area contributed by atoms with E-state index >= 15 is 0 Å². The van der Waals surface area contributed by atoms with Crippen molar-refractivity contribution in [1.82, 2.24) is 20.7 Å². The molecule has 1 aliphatic rings. The van der Waals surface area contributed by atoms with Crippen LogP contribution in [0.1, 0.15) is 28.7 Å². The van der Waals surface area contributed by atoms with Gasteiger partial charge in [0.25, 0.3) is 5.91 Å². The molecular weight excluding hydrogens is 280 g/mol. The average molecular weight is 303 g/mol. The van der Waals surface area contributed by atoms with E-state index in [0.717, 1.165) is 32.7 Å². The maximum Gasteiger partial charge on any atom is 0.256 e. The Bertz CT molecular complexity index is 430. The molecule has 1 fully saturated rings. The Morgan fingerprint density at radius 3 is 2.80 bits per heavy atom. The zero-order chi connectivity index (χ0) is 13.7. The van der Waals surface area contributed by atoms with Gasteiger partial charge in [-0.3, -0.25) is 9.69 Å². The van der Waals surface area contributed by atoms with Gasteiger partial charge in [0.05, 0.1) is 5.69 Å². The molecule has 0 aliphatic carbocycles. The number of carbonyl (C=O) groups excluding carboxylic acids is 1. The summed E-state index contributed by atoms with van der Waals surface area (Å²) >= 11 is 0. The number of carbonyl (C=O) groups is 1. The fourth-order valence-electron chi connectivity index (χ4n) is 2.30. The summed E-state index contributed by atoms with van der Waals surface area (Å²) in [6.45, 7) is 9.44. The van der Waals surface area contributed by atoms with Crippen molar-refractivity contribution < 1.29 is 9.32 Å². The Kier molecular flexibility index (Phi) is 6.98. The number of aryl methyl sites for hydroxylation is 2. The summed E-state index contributed by atoms with van der Waals surface area (Å²) in [7, 11) is 0. The van der Waals surface area contributed by atoms with E-state index in [1.807, 2.05) is 6.92 Å². The van der Waals surface area contributed by atoms with Crippen molar-refractivity contribution in [2.24, 2.45) is 0 Å². The second-order valence-corrected chi connectivity index (χ2v) is 4.77. The zero-order valence-electron chi connectivity index (χ0n) is 12.1. The highest BCUT2D eigenvalue weighted by atomic mass is 35.5. The highest BCUT2D eigenvalue weighted by molar-refractivity contribution is 5.96. The highest BCUT2D eigenvalue weighted by Gasteiger charge is 2.19. The lowest BCUT2D eigenvalue weighted by molar-refractivity contribution is 0.0945. The molecule has 0 atom stereocenters. The first kappa shape index (κ1) is 16.9. The van der Waals surface area contributed by atoms with Crippen molar-refractivity contribution in [2.45, 2.75) is 20.3 Å². The van der Waals surface area contributed by atoms with Crippen molar-refractivity contribution >= 4 is 18.3 Å². The van der Waals surface area contributed by atoms with Gasteiger partial charge in [-0.15, -0.1) is 12.4 Å². The monoisotopic (exact) mass is 302 g/mol. The molecule has 114 valence electrons. The second kappa shape index (κ2) is 8.24. The highest BCUT2D eigenvalue weighted by Crippen LogP contribution is 2.13. The number of halogens is 1. The topological polar surface area (TPSA) is 70.4 Å². The SMILES string of the molecule is CCc1onc(C)c1C(=O)NCCN1CCNCC1.Cl. The molecule has 20 heavy (non-hydrogen) atoms. The van der Waals surface area contributed by atoms with E-state index in [2.05, 4.69) is 20.7 Å². The van der Waals surface area contributed by atoms with Crippen LogP contribution < -0.4 is 10.6 Å². The van der Waals surface area contributed by atoms with Crippen LogP contribution in [0.15, 0.2) is 4.52 Å². The van der Waals surface area contributed by atoms with Gasteiger partial charge >= 0.3 is 0 Å². The molecule has 0 saturated carbocycles. The van der Waals surface area contributed by atoms with Crippen LogP contribution in [0.4, 0.5) is 0 Å². The zero-order valence-corrected chi connectivity index (χ0v) is 12.9. The van der Waals surface area contributed by atoms with Crippen LogP contribution in [0.5, 0.6) is 0 Å². The molecule has 1 aromatic rings. The van der Waals surface area contributed by atoms with E-state index < -0.39 is 0 Å². The van der Waals surface area contributed by atoms with Crippen LogP contribution in [-0.4, -0.2) is 55.2 Å². The predicted octanol–water partition coefficient (Wildman–Crippen LogP) is 0.602. The third-order valence-electron chi connectivity index (χ3n) is 3.40. The number of hydrogen-bond donors (Lipinski definition) is 2. The summed E-state index contributed by atoms with van der Waals surface area (Å²) in [6.07, 6.45) is 0.682. The summed E-state index contributed by atoms with van der Waals surface area (Å²) in [4.78, 5) is 14.5. The van der Waals surface area contributed by atoms with Crippen molar-refractivity contribution in [1.29, 1.82) is 0 Å². The molecule has 0 radical (unpaired) electrons.